The van der Waals surface area contributed by atoms with Crippen LogP contribution in [0.5, 0.6) is 0 Å². The third-order valence-electron chi connectivity index (χ3n) is 1.70. The average molecular weight is 176 g/mol. The van der Waals surface area contributed by atoms with Gasteiger partial charge in [0.25, 0.3) is 0 Å². The lowest BCUT2D eigenvalue weighted by Gasteiger charge is -2.03. The van der Waals surface area contributed by atoms with Crippen molar-refractivity contribution in [2.45, 2.75) is 13.8 Å². The van der Waals surface area contributed by atoms with Crippen LogP contribution in [-0.4, -0.2) is 6.54 Å². The predicted molar refractivity (Wildman–Crippen MR) is 58.8 cm³/mol. The molecule has 70 valence electrons. The molecule has 0 saturated heterocycles. The van der Waals surface area contributed by atoms with Gasteiger partial charge in [0.2, 0.25) is 0 Å². The van der Waals surface area contributed by atoms with Crippen molar-refractivity contribution < 1.29 is 0 Å². The van der Waals surface area contributed by atoms with E-state index in [1.165, 1.54) is 5.57 Å². The van der Waals surface area contributed by atoms with Gasteiger partial charge in [0, 0.05) is 17.9 Å². The third-order valence-corrected chi connectivity index (χ3v) is 1.70. The second-order valence-corrected chi connectivity index (χ2v) is 3.29. The summed E-state index contributed by atoms with van der Waals surface area (Å²) in [5.74, 6) is 0. The molecule has 13 heavy (non-hydrogen) atoms. The molecule has 0 bridgehead atoms. The fourth-order valence-electron chi connectivity index (χ4n) is 1.02. The maximum absolute atomic E-state index is 5.63. The van der Waals surface area contributed by atoms with Crippen LogP contribution in [0.3, 0.4) is 0 Å². The van der Waals surface area contributed by atoms with Gasteiger partial charge in [-0.2, -0.15) is 0 Å². The standard InChI is InChI=1S/C11H16N2/c1-9(2)6-7-13-11-5-3-4-10(12)8-11/h3-6,8,13H,7,12H2,1-2H3. The third kappa shape index (κ3) is 3.65. The molecule has 0 unspecified atom stereocenters. The summed E-state index contributed by atoms with van der Waals surface area (Å²) in [5, 5.41) is 3.26. The van der Waals surface area contributed by atoms with Gasteiger partial charge in [-0.3, -0.25) is 0 Å². The Balaban J connectivity index is 2.50. The van der Waals surface area contributed by atoms with Gasteiger partial charge in [-0.1, -0.05) is 17.7 Å². The van der Waals surface area contributed by atoms with Gasteiger partial charge in [-0.05, 0) is 32.0 Å². The van der Waals surface area contributed by atoms with Gasteiger partial charge in [-0.25, -0.2) is 0 Å². The van der Waals surface area contributed by atoms with E-state index in [4.69, 9.17) is 5.73 Å². The molecule has 0 aliphatic heterocycles. The Labute approximate surface area is 79.5 Å². The zero-order valence-corrected chi connectivity index (χ0v) is 8.17. The minimum absolute atomic E-state index is 0.794. The van der Waals surface area contributed by atoms with Gasteiger partial charge in [0.05, 0.1) is 0 Å². The first-order valence-corrected chi connectivity index (χ1v) is 4.41. The summed E-state index contributed by atoms with van der Waals surface area (Å²) in [6.07, 6.45) is 2.14. The first-order valence-electron chi connectivity index (χ1n) is 4.41. The number of hydrogen-bond acceptors (Lipinski definition) is 2. The lowest BCUT2D eigenvalue weighted by Crippen LogP contribution is -1.99. The molecule has 0 heterocycles. The minimum Gasteiger partial charge on any atom is -0.399 e. The Kier molecular flexibility index (Phi) is 3.38. The van der Waals surface area contributed by atoms with Crippen LogP contribution in [0.25, 0.3) is 0 Å². The highest BCUT2D eigenvalue weighted by atomic mass is 14.9. The van der Waals surface area contributed by atoms with Gasteiger partial charge in [0.1, 0.15) is 0 Å². The fourth-order valence-corrected chi connectivity index (χ4v) is 1.02. The van der Waals surface area contributed by atoms with Crippen LogP contribution < -0.4 is 11.1 Å². The quantitative estimate of drug-likeness (QED) is 0.549. The highest BCUT2D eigenvalue weighted by molar-refractivity contribution is 5.54. The maximum Gasteiger partial charge on any atom is 0.0363 e. The fraction of sp³-hybridized carbons (Fsp3) is 0.273. The zero-order chi connectivity index (χ0) is 9.68. The second kappa shape index (κ2) is 4.55. The van der Waals surface area contributed by atoms with Crippen molar-refractivity contribution in [2.75, 3.05) is 17.6 Å². The molecule has 0 saturated carbocycles. The number of nitrogens with one attached hydrogen (secondary N) is 1. The van der Waals surface area contributed by atoms with Crippen LogP contribution in [-0.2, 0) is 0 Å². The van der Waals surface area contributed by atoms with Crippen LogP contribution in [0.1, 0.15) is 13.8 Å². The normalized spacial score (nSPS) is 9.38. The molecular formula is C11H16N2. The summed E-state index contributed by atoms with van der Waals surface area (Å²) in [6.45, 7) is 5.02. The number of anilines is 2. The first kappa shape index (κ1) is 9.65. The van der Waals surface area contributed by atoms with E-state index in [1.54, 1.807) is 0 Å². The summed E-state index contributed by atoms with van der Waals surface area (Å²) in [7, 11) is 0. The zero-order valence-electron chi connectivity index (χ0n) is 8.17. The molecule has 0 aliphatic carbocycles. The van der Waals surface area contributed by atoms with Crippen LogP contribution in [0.2, 0.25) is 0 Å². The predicted octanol–water partition coefficient (Wildman–Crippen LogP) is 2.65. The molecule has 0 fully saturated rings. The van der Waals surface area contributed by atoms with Gasteiger partial charge in [-0.15, -0.1) is 0 Å². The molecule has 1 aromatic carbocycles. The number of allylic oxidation sites excluding steroid dienone is 1. The van der Waals surface area contributed by atoms with E-state index < -0.39 is 0 Å². The van der Waals surface area contributed by atoms with E-state index >= 15 is 0 Å². The molecule has 3 N–H and O–H groups in total. The smallest absolute Gasteiger partial charge is 0.0363 e. The van der Waals surface area contributed by atoms with Crippen molar-refractivity contribution in [1.29, 1.82) is 0 Å². The van der Waals surface area contributed by atoms with Crippen molar-refractivity contribution in [3.8, 4) is 0 Å². The number of hydrogen-bond donors (Lipinski definition) is 2. The Morgan fingerprint density at radius 3 is 2.85 bits per heavy atom. The summed E-state index contributed by atoms with van der Waals surface area (Å²) in [5.41, 5.74) is 8.81. The summed E-state index contributed by atoms with van der Waals surface area (Å²) < 4.78 is 0. The molecule has 2 heteroatoms. The highest BCUT2D eigenvalue weighted by Crippen LogP contribution is 2.11. The van der Waals surface area contributed by atoms with E-state index in [2.05, 4.69) is 25.2 Å². The molecule has 0 aromatic heterocycles. The maximum atomic E-state index is 5.63. The SMILES string of the molecule is CC(C)=CCNc1cccc(N)c1. The Bertz CT molecular complexity index is 299. The van der Waals surface area contributed by atoms with Crippen molar-refractivity contribution >= 4 is 11.4 Å². The van der Waals surface area contributed by atoms with Crippen LogP contribution in [0.15, 0.2) is 35.9 Å². The van der Waals surface area contributed by atoms with E-state index in [0.717, 1.165) is 17.9 Å². The Hall–Kier alpha value is -1.44. The molecule has 0 spiro atoms. The first-order chi connectivity index (χ1) is 6.18. The lowest BCUT2D eigenvalue weighted by molar-refractivity contribution is 1.26. The molecule has 0 radical (unpaired) electrons. The molecule has 2 nitrogen and oxygen atoms in total. The largest absolute Gasteiger partial charge is 0.399 e. The topological polar surface area (TPSA) is 38.0 Å². The van der Waals surface area contributed by atoms with Crippen molar-refractivity contribution in [3.63, 3.8) is 0 Å². The molecule has 1 aromatic rings. The molecule has 0 aliphatic rings. The van der Waals surface area contributed by atoms with E-state index in [0.29, 0.717) is 0 Å². The summed E-state index contributed by atoms with van der Waals surface area (Å²) in [6, 6.07) is 7.76. The van der Waals surface area contributed by atoms with Gasteiger partial charge >= 0.3 is 0 Å². The second-order valence-electron chi connectivity index (χ2n) is 3.29. The van der Waals surface area contributed by atoms with Gasteiger partial charge < -0.3 is 11.1 Å². The summed E-state index contributed by atoms with van der Waals surface area (Å²) in [4.78, 5) is 0. The van der Waals surface area contributed by atoms with Crippen LogP contribution in [0.4, 0.5) is 11.4 Å². The number of nitrogen functional groups attached to an aromatic ring is 1. The van der Waals surface area contributed by atoms with Crippen LogP contribution >= 0.6 is 0 Å². The van der Waals surface area contributed by atoms with E-state index in [-0.39, 0.29) is 0 Å². The van der Waals surface area contributed by atoms with Crippen LogP contribution in [0, 0.1) is 0 Å². The number of nitrogens with two attached hydrogens (primary N) is 1. The van der Waals surface area contributed by atoms with E-state index in [9.17, 15) is 0 Å². The average Bonchev–Trinajstić information content (AvgIpc) is 2.03. The monoisotopic (exact) mass is 176 g/mol. The Morgan fingerprint density at radius 2 is 2.23 bits per heavy atom. The van der Waals surface area contributed by atoms with Gasteiger partial charge in [0.15, 0.2) is 0 Å². The minimum atomic E-state index is 0.794. The van der Waals surface area contributed by atoms with Crippen molar-refractivity contribution in [2.24, 2.45) is 0 Å². The lowest BCUT2D eigenvalue weighted by atomic mass is 10.2. The van der Waals surface area contributed by atoms with Crippen molar-refractivity contribution in [3.05, 3.63) is 35.9 Å². The molecule has 1 rings (SSSR count). The molecular weight excluding hydrogens is 160 g/mol. The molecule has 0 atom stereocenters. The Morgan fingerprint density at radius 1 is 1.46 bits per heavy atom. The summed E-state index contributed by atoms with van der Waals surface area (Å²) >= 11 is 0. The molecule has 0 amide bonds. The van der Waals surface area contributed by atoms with Crippen molar-refractivity contribution in [1.82, 2.24) is 0 Å². The number of benzene rings is 1. The highest BCUT2D eigenvalue weighted by Gasteiger charge is 1.89. The van der Waals surface area contributed by atoms with E-state index in [1.807, 2.05) is 24.3 Å². The number of rotatable bonds is 3.